The Balaban J connectivity index is 2.28. The van der Waals surface area contributed by atoms with Gasteiger partial charge in [0.1, 0.15) is 0 Å². The topological polar surface area (TPSA) is 40.5 Å². The van der Waals surface area contributed by atoms with Crippen LogP contribution in [0.1, 0.15) is 0 Å². The van der Waals surface area contributed by atoms with E-state index in [-0.39, 0.29) is 0 Å². The van der Waals surface area contributed by atoms with E-state index < -0.39 is 12.2 Å². The highest BCUT2D eigenvalue weighted by atomic mass is 33.1. The Morgan fingerprint density at radius 2 is 1.38 bits per heavy atom. The van der Waals surface area contributed by atoms with Gasteiger partial charge in [0.15, 0.2) is 0 Å². The SMILES string of the molecule is OC1CSSC[C@@H]1O. The van der Waals surface area contributed by atoms with Crippen molar-refractivity contribution >= 4 is 21.6 Å². The predicted octanol–water partition coefficient (Wildman–Crippen LogP) is 0.103. The van der Waals surface area contributed by atoms with E-state index in [1.54, 1.807) is 21.6 Å². The molecule has 0 aromatic carbocycles. The Kier molecular flexibility index (Phi) is 2.49. The van der Waals surface area contributed by atoms with Gasteiger partial charge in [-0.25, -0.2) is 0 Å². The van der Waals surface area contributed by atoms with Crippen molar-refractivity contribution in [3.05, 3.63) is 0 Å². The lowest BCUT2D eigenvalue weighted by Gasteiger charge is -2.20. The first-order valence-electron chi connectivity index (χ1n) is 2.41. The fourth-order valence-corrected chi connectivity index (χ4v) is 2.79. The molecule has 1 aliphatic rings. The molecule has 2 atom stereocenters. The zero-order chi connectivity index (χ0) is 5.98. The summed E-state index contributed by atoms with van der Waals surface area (Å²) < 4.78 is 0. The van der Waals surface area contributed by atoms with Crippen LogP contribution in [0.4, 0.5) is 0 Å². The average Bonchev–Trinajstić information content (AvgIpc) is 1.77. The third-order valence-electron chi connectivity index (χ3n) is 1.01. The maximum absolute atomic E-state index is 8.89. The van der Waals surface area contributed by atoms with Crippen LogP contribution in [0.2, 0.25) is 0 Å². The van der Waals surface area contributed by atoms with Crippen LogP contribution in [0.3, 0.4) is 0 Å². The minimum Gasteiger partial charge on any atom is -0.390 e. The van der Waals surface area contributed by atoms with E-state index in [2.05, 4.69) is 0 Å². The number of aliphatic hydroxyl groups excluding tert-OH is 2. The molecule has 0 aromatic heterocycles. The van der Waals surface area contributed by atoms with Crippen molar-refractivity contribution in [1.29, 1.82) is 0 Å². The van der Waals surface area contributed by atoms with Crippen molar-refractivity contribution in [3.8, 4) is 0 Å². The van der Waals surface area contributed by atoms with E-state index in [1.165, 1.54) is 0 Å². The fraction of sp³-hybridized carbons (Fsp3) is 1.00. The molecule has 2 nitrogen and oxygen atoms in total. The second kappa shape index (κ2) is 2.96. The molecule has 4 heteroatoms. The standard InChI is InChI=1S/C4H8O2S2/c5-3-1-7-8-2-4(3)6/h3-6H,1-2H2/t3-,4?/m0/s1. The summed E-state index contributed by atoms with van der Waals surface area (Å²) in [5, 5.41) is 17.8. The molecule has 1 rings (SSSR count). The van der Waals surface area contributed by atoms with Gasteiger partial charge in [0.25, 0.3) is 0 Å². The van der Waals surface area contributed by atoms with Crippen LogP contribution in [0, 0.1) is 0 Å². The van der Waals surface area contributed by atoms with Gasteiger partial charge in [-0.2, -0.15) is 0 Å². The molecule has 0 spiro atoms. The van der Waals surface area contributed by atoms with Crippen LogP contribution >= 0.6 is 21.6 Å². The lowest BCUT2D eigenvalue weighted by Crippen LogP contribution is -2.32. The van der Waals surface area contributed by atoms with E-state index in [4.69, 9.17) is 10.2 Å². The molecule has 0 aliphatic carbocycles. The maximum atomic E-state index is 8.89. The first-order chi connectivity index (χ1) is 3.80. The highest BCUT2D eigenvalue weighted by molar-refractivity contribution is 8.76. The molecule has 1 saturated heterocycles. The fourth-order valence-electron chi connectivity index (χ4n) is 0.458. The van der Waals surface area contributed by atoms with Gasteiger partial charge >= 0.3 is 0 Å². The van der Waals surface area contributed by atoms with E-state index in [1.807, 2.05) is 0 Å². The largest absolute Gasteiger partial charge is 0.390 e. The molecule has 0 saturated carbocycles. The Morgan fingerprint density at radius 1 is 1.00 bits per heavy atom. The van der Waals surface area contributed by atoms with Gasteiger partial charge < -0.3 is 10.2 Å². The lowest BCUT2D eigenvalue weighted by atomic mass is 10.3. The maximum Gasteiger partial charge on any atom is 0.0906 e. The van der Waals surface area contributed by atoms with Gasteiger partial charge in [0.05, 0.1) is 12.2 Å². The third kappa shape index (κ3) is 1.55. The molecule has 2 N–H and O–H groups in total. The van der Waals surface area contributed by atoms with E-state index >= 15 is 0 Å². The molecule has 0 bridgehead atoms. The number of rotatable bonds is 0. The summed E-state index contributed by atoms with van der Waals surface area (Å²) in [4.78, 5) is 0. The average molecular weight is 152 g/mol. The predicted molar refractivity (Wildman–Crippen MR) is 36.9 cm³/mol. The summed E-state index contributed by atoms with van der Waals surface area (Å²) in [6.45, 7) is 0. The molecule has 8 heavy (non-hydrogen) atoms. The molecule has 1 heterocycles. The van der Waals surface area contributed by atoms with Crippen molar-refractivity contribution in [2.24, 2.45) is 0 Å². The van der Waals surface area contributed by atoms with E-state index in [9.17, 15) is 0 Å². The Labute approximate surface area is 56.1 Å². The van der Waals surface area contributed by atoms with Gasteiger partial charge in [-0.05, 0) is 0 Å². The summed E-state index contributed by atoms with van der Waals surface area (Å²) in [6, 6.07) is 0. The van der Waals surface area contributed by atoms with Crippen LogP contribution in [0.15, 0.2) is 0 Å². The number of hydrogen-bond donors (Lipinski definition) is 2. The van der Waals surface area contributed by atoms with Gasteiger partial charge in [-0.1, -0.05) is 21.6 Å². The summed E-state index contributed by atoms with van der Waals surface area (Å²) in [6.07, 6.45) is -0.998. The zero-order valence-electron chi connectivity index (χ0n) is 4.28. The first kappa shape index (κ1) is 6.74. The second-order valence-electron chi connectivity index (χ2n) is 1.70. The summed E-state index contributed by atoms with van der Waals surface area (Å²) in [5.74, 6) is 1.32. The van der Waals surface area contributed by atoms with E-state index in [0.717, 1.165) is 0 Å². The molecular weight excluding hydrogens is 144 g/mol. The monoisotopic (exact) mass is 152 g/mol. The van der Waals surface area contributed by atoms with Gasteiger partial charge in [0.2, 0.25) is 0 Å². The highest BCUT2D eigenvalue weighted by Gasteiger charge is 2.20. The molecule has 0 aromatic rings. The minimum atomic E-state index is -0.499. The van der Waals surface area contributed by atoms with Crippen LogP contribution in [0.5, 0.6) is 0 Å². The highest BCUT2D eigenvalue weighted by Crippen LogP contribution is 2.29. The summed E-state index contributed by atoms with van der Waals surface area (Å²) in [5.41, 5.74) is 0. The third-order valence-corrected chi connectivity index (χ3v) is 3.44. The second-order valence-corrected chi connectivity index (χ2v) is 4.26. The van der Waals surface area contributed by atoms with Gasteiger partial charge in [-0.3, -0.25) is 0 Å². The smallest absolute Gasteiger partial charge is 0.0906 e. The Bertz CT molecular complexity index is 68.4. The molecular formula is C4H8O2S2. The molecule has 1 aliphatic heterocycles. The van der Waals surface area contributed by atoms with Crippen LogP contribution in [0.25, 0.3) is 0 Å². The first-order valence-corrected chi connectivity index (χ1v) is 4.90. The van der Waals surface area contributed by atoms with Crippen LogP contribution < -0.4 is 0 Å². The summed E-state index contributed by atoms with van der Waals surface area (Å²) in [7, 11) is 3.23. The molecule has 0 radical (unpaired) electrons. The quantitative estimate of drug-likeness (QED) is 0.483. The Hall–Kier alpha value is 0.620. The van der Waals surface area contributed by atoms with Crippen molar-refractivity contribution in [3.63, 3.8) is 0 Å². The van der Waals surface area contributed by atoms with Gasteiger partial charge in [-0.15, -0.1) is 0 Å². The molecule has 0 amide bonds. The lowest BCUT2D eigenvalue weighted by molar-refractivity contribution is 0.0493. The van der Waals surface area contributed by atoms with Crippen molar-refractivity contribution in [2.45, 2.75) is 12.2 Å². The number of aliphatic hydroxyl groups is 2. The Morgan fingerprint density at radius 3 is 1.62 bits per heavy atom. The minimum absolute atomic E-state index is 0.499. The normalized spacial score (nSPS) is 39.8. The summed E-state index contributed by atoms with van der Waals surface area (Å²) >= 11 is 0. The molecule has 1 unspecified atom stereocenters. The van der Waals surface area contributed by atoms with Crippen molar-refractivity contribution < 1.29 is 10.2 Å². The van der Waals surface area contributed by atoms with E-state index in [0.29, 0.717) is 11.5 Å². The van der Waals surface area contributed by atoms with Crippen molar-refractivity contribution in [2.75, 3.05) is 11.5 Å². The van der Waals surface area contributed by atoms with Crippen LogP contribution in [-0.2, 0) is 0 Å². The van der Waals surface area contributed by atoms with Crippen molar-refractivity contribution in [1.82, 2.24) is 0 Å². The molecule has 1 fully saturated rings. The molecule has 48 valence electrons. The zero-order valence-corrected chi connectivity index (χ0v) is 5.91. The number of hydrogen-bond acceptors (Lipinski definition) is 4. The van der Waals surface area contributed by atoms with Crippen LogP contribution in [-0.4, -0.2) is 33.9 Å². The van der Waals surface area contributed by atoms with Gasteiger partial charge in [0, 0.05) is 11.5 Å².